The lowest BCUT2D eigenvalue weighted by molar-refractivity contribution is 0.0329. The first-order valence-corrected chi connectivity index (χ1v) is 8.21. The second-order valence-corrected chi connectivity index (χ2v) is 7.29. The quantitative estimate of drug-likeness (QED) is 0.897. The van der Waals surface area contributed by atoms with Crippen molar-refractivity contribution >= 4 is 23.2 Å². The number of rotatable bonds is 2. The number of fused-ring (bicyclic) bond motifs is 1. The maximum absolute atomic E-state index is 6.24. The van der Waals surface area contributed by atoms with Crippen molar-refractivity contribution in [1.82, 2.24) is 5.32 Å². The molecule has 1 N–H and O–H groups in total. The number of ether oxygens (including phenoxy) is 1. The van der Waals surface area contributed by atoms with Gasteiger partial charge in [0.25, 0.3) is 0 Å². The van der Waals surface area contributed by atoms with Gasteiger partial charge in [0.15, 0.2) is 0 Å². The summed E-state index contributed by atoms with van der Waals surface area (Å²) in [5, 5.41) is 4.89. The van der Waals surface area contributed by atoms with Gasteiger partial charge in [-0.15, -0.1) is 0 Å². The third-order valence-corrected chi connectivity index (χ3v) is 6.37. The van der Waals surface area contributed by atoms with Crippen LogP contribution in [-0.4, -0.2) is 25.8 Å². The fourth-order valence-corrected chi connectivity index (χ4v) is 4.85. The third kappa shape index (κ3) is 1.72. The predicted octanol–water partition coefficient (Wildman–Crippen LogP) is 3.79. The van der Waals surface area contributed by atoms with E-state index in [4.69, 9.17) is 27.9 Å². The highest BCUT2D eigenvalue weighted by Gasteiger charge is 2.72. The number of hydrogen-bond donors (Lipinski definition) is 1. The van der Waals surface area contributed by atoms with Crippen LogP contribution >= 0.6 is 23.2 Å². The molecule has 0 radical (unpaired) electrons. The lowest BCUT2D eigenvalue weighted by atomic mass is 9.77. The Bertz CT molecular complexity index is 543. The molecular formula is C16H19Cl2NO. The molecule has 2 heterocycles. The average molecular weight is 312 g/mol. The molecule has 3 atom stereocenters. The minimum Gasteiger partial charge on any atom is -0.378 e. The summed E-state index contributed by atoms with van der Waals surface area (Å²) in [5.41, 5.74) is 1.88. The van der Waals surface area contributed by atoms with Crippen LogP contribution in [0.25, 0.3) is 0 Å². The summed E-state index contributed by atoms with van der Waals surface area (Å²) >= 11 is 12.3. The molecule has 20 heavy (non-hydrogen) atoms. The molecule has 0 spiro atoms. The topological polar surface area (TPSA) is 21.3 Å². The smallest absolute Gasteiger partial charge is 0.0653 e. The van der Waals surface area contributed by atoms with Crippen molar-refractivity contribution in [3.63, 3.8) is 0 Å². The van der Waals surface area contributed by atoms with E-state index in [2.05, 4.69) is 17.4 Å². The van der Waals surface area contributed by atoms with E-state index in [1.165, 1.54) is 31.2 Å². The number of piperidine rings is 1. The minimum atomic E-state index is 0.251. The van der Waals surface area contributed by atoms with Gasteiger partial charge < -0.3 is 10.1 Å². The summed E-state index contributed by atoms with van der Waals surface area (Å²) < 4.78 is 6.04. The van der Waals surface area contributed by atoms with E-state index in [1.54, 1.807) is 0 Å². The summed E-state index contributed by atoms with van der Waals surface area (Å²) in [6, 6.07) is 6.18. The SMILES string of the molecule is Clc1ccc([C@@]23CCNCC2([C@@H]2CCCO2)C3)cc1Cl. The highest BCUT2D eigenvalue weighted by Crippen LogP contribution is 2.71. The molecule has 1 aliphatic carbocycles. The molecule has 0 bridgehead atoms. The van der Waals surface area contributed by atoms with Crippen LogP contribution in [0.4, 0.5) is 0 Å². The molecule has 1 aromatic carbocycles. The van der Waals surface area contributed by atoms with E-state index < -0.39 is 0 Å². The van der Waals surface area contributed by atoms with Crippen molar-refractivity contribution in [3.8, 4) is 0 Å². The zero-order valence-corrected chi connectivity index (χ0v) is 12.9. The Morgan fingerprint density at radius 1 is 1.25 bits per heavy atom. The average Bonchev–Trinajstić information content (AvgIpc) is 2.86. The van der Waals surface area contributed by atoms with Crippen LogP contribution in [0, 0.1) is 5.41 Å². The number of nitrogens with one attached hydrogen (secondary N) is 1. The van der Waals surface area contributed by atoms with Gasteiger partial charge in [-0.2, -0.15) is 0 Å². The van der Waals surface area contributed by atoms with Gasteiger partial charge in [-0.3, -0.25) is 0 Å². The molecule has 1 saturated carbocycles. The highest BCUT2D eigenvalue weighted by atomic mass is 35.5. The van der Waals surface area contributed by atoms with Crippen molar-refractivity contribution in [3.05, 3.63) is 33.8 Å². The molecule has 4 heteroatoms. The van der Waals surface area contributed by atoms with E-state index in [9.17, 15) is 0 Å². The van der Waals surface area contributed by atoms with Crippen LogP contribution in [0.5, 0.6) is 0 Å². The van der Waals surface area contributed by atoms with Crippen molar-refractivity contribution in [2.24, 2.45) is 5.41 Å². The second-order valence-electron chi connectivity index (χ2n) is 6.47. The Morgan fingerprint density at radius 3 is 2.90 bits per heavy atom. The first-order chi connectivity index (χ1) is 9.68. The van der Waals surface area contributed by atoms with Gasteiger partial charge in [0.1, 0.15) is 0 Å². The van der Waals surface area contributed by atoms with Gasteiger partial charge in [0.05, 0.1) is 16.1 Å². The molecular weight excluding hydrogens is 293 g/mol. The van der Waals surface area contributed by atoms with Crippen LogP contribution in [0.2, 0.25) is 10.0 Å². The fraction of sp³-hybridized carbons (Fsp3) is 0.625. The van der Waals surface area contributed by atoms with E-state index in [0.717, 1.165) is 19.7 Å². The Kier molecular flexibility index (Phi) is 3.08. The standard InChI is InChI=1S/C16H19Cl2NO/c17-12-4-3-11(8-13(12)18)15-5-6-19-10-16(15,9-15)14-2-1-7-20-14/h3-4,8,14,19H,1-2,5-7,9-10H2/t14-,15-,16?/m0/s1. The van der Waals surface area contributed by atoms with Gasteiger partial charge in [0, 0.05) is 24.0 Å². The first-order valence-electron chi connectivity index (χ1n) is 7.46. The zero-order chi connectivity index (χ0) is 13.8. The third-order valence-electron chi connectivity index (χ3n) is 5.63. The molecule has 0 aromatic heterocycles. The highest BCUT2D eigenvalue weighted by molar-refractivity contribution is 6.42. The summed E-state index contributed by atoms with van der Waals surface area (Å²) in [6.45, 7) is 3.07. The summed E-state index contributed by atoms with van der Waals surface area (Å²) in [7, 11) is 0. The molecule has 0 amide bonds. The van der Waals surface area contributed by atoms with Crippen LogP contribution in [-0.2, 0) is 10.2 Å². The maximum Gasteiger partial charge on any atom is 0.0653 e. The lowest BCUT2D eigenvalue weighted by Crippen LogP contribution is -2.44. The van der Waals surface area contributed by atoms with Crippen LogP contribution in [0.15, 0.2) is 18.2 Å². The Labute approximate surface area is 129 Å². The molecule has 3 aliphatic rings. The molecule has 1 unspecified atom stereocenters. The van der Waals surface area contributed by atoms with Crippen LogP contribution < -0.4 is 5.32 Å². The fourth-order valence-electron chi connectivity index (χ4n) is 4.55. The summed E-state index contributed by atoms with van der Waals surface area (Å²) in [6.07, 6.45) is 5.19. The van der Waals surface area contributed by atoms with E-state index in [-0.39, 0.29) is 10.8 Å². The molecule has 3 fully saturated rings. The molecule has 2 saturated heterocycles. The minimum absolute atomic E-state index is 0.251. The Morgan fingerprint density at radius 2 is 2.15 bits per heavy atom. The largest absolute Gasteiger partial charge is 0.378 e. The van der Waals surface area contributed by atoms with Crippen LogP contribution in [0.3, 0.4) is 0 Å². The molecule has 2 aliphatic heterocycles. The Balaban J connectivity index is 1.73. The first kappa shape index (κ1) is 13.4. The summed E-state index contributed by atoms with van der Waals surface area (Å²) in [4.78, 5) is 0. The number of halogens is 2. The van der Waals surface area contributed by atoms with Gasteiger partial charge in [-0.1, -0.05) is 29.3 Å². The second kappa shape index (κ2) is 4.61. The van der Waals surface area contributed by atoms with Gasteiger partial charge in [-0.05, 0) is 49.9 Å². The van der Waals surface area contributed by atoms with E-state index >= 15 is 0 Å². The zero-order valence-electron chi connectivity index (χ0n) is 11.4. The van der Waals surface area contributed by atoms with Crippen molar-refractivity contribution in [2.75, 3.05) is 19.7 Å². The molecule has 2 nitrogen and oxygen atoms in total. The molecule has 4 rings (SSSR count). The van der Waals surface area contributed by atoms with E-state index in [1.807, 2.05) is 6.07 Å². The van der Waals surface area contributed by atoms with Crippen molar-refractivity contribution < 1.29 is 4.74 Å². The normalized spacial score (nSPS) is 39.6. The lowest BCUT2D eigenvalue weighted by Gasteiger charge is -2.35. The van der Waals surface area contributed by atoms with Crippen LogP contribution in [0.1, 0.15) is 31.2 Å². The van der Waals surface area contributed by atoms with Gasteiger partial charge in [-0.25, -0.2) is 0 Å². The molecule has 108 valence electrons. The van der Waals surface area contributed by atoms with Crippen molar-refractivity contribution in [1.29, 1.82) is 0 Å². The van der Waals surface area contributed by atoms with E-state index in [0.29, 0.717) is 16.1 Å². The molecule has 1 aromatic rings. The van der Waals surface area contributed by atoms with Gasteiger partial charge >= 0.3 is 0 Å². The predicted molar refractivity (Wildman–Crippen MR) is 81.7 cm³/mol. The summed E-state index contributed by atoms with van der Waals surface area (Å²) in [5.74, 6) is 0. The maximum atomic E-state index is 6.24. The number of hydrogen-bond acceptors (Lipinski definition) is 2. The van der Waals surface area contributed by atoms with Crippen molar-refractivity contribution in [2.45, 2.75) is 37.2 Å². The monoisotopic (exact) mass is 311 g/mol. The number of benzene rings is 1. The Hall–Kier alpha value is -0.280. The van der Waals surface area contributed by atoms with Gasteiger partial charge in [0.2, 0.25) is 0 Å².